The highest BCUT2D eigenvalue weighted by atomic mass is 14.1. The number of benzene rings is 4. The molecular formula is C33H24. The lowest BCUT2D eigenvalue weighted by molar-refractivity contribution is 1.54. The number of hydrogen-bond donors (Lipinski definition) is 0. The van der Waals surface area contributed by atoms with Crippen LogP contribution in [0.3, 0.4) is 0 Å². The summed E-state index contributed by atoms with van der Waals surface area (Å²) in [4.78, 5) is 0. The van der Waals surface area contributed by atoms with Gasteiger partial charge in [-0.15, -0.1) is 17.8 Å². The molecular weight excluding hydrogens is 396 g/mol. The van der Waals surface area contributed by atoms with Gasteiger partial charge in [0.25, 0.3) is 0 Å². The van der Waals surface area contributed by atoms with Crippen LogP contribution in [-0.2, 0) is 0 Å². The van der Waals surface area contributed by atoms with Crippen molar-refractivity contribution >= 4 is 0 Å². The molecule has 33 heavy (non-hydrogen) atoms. The summed E-state index contributed by atoms with van der Waals surface area (Å²) in [7, 11) is 0. The summed E-state index contributed by atoms with van der Waals surface area (Å²) in [6, 6.07) is 32.1. The Hall–Kier alpha value is -4.44. The summed E-state index contributed by atoms with van der Waals surface area (Å²) in [5.41, 5.74) is 10.1. The second-order valence-electron chi connectivity index (χ2n) is 7.66. The van der Waals surface area contributed by atoms with E-state index in [0.29, 0.717) is 0 Å². The zero-order valence-electron chi connectivity index (χ0n) is 19.2. The summed E-state index contributed by atoms with van der Waals surface area (Å²) < 4.78 is 0. The van der Waals surface area contributed by atoms with Gasteiger partial charge in [-0.2, -0.15) is 0 Å². The van der Waals surface area contributed by atoms with Crippen molar-refractivity contribution in [1.29, 1.82) is 0 Å². The maximum Gasteiger partial charge on any atom is 0.0245 e. The third-order valence-electron chi connectivity index (χ3n) is 5.40. The van der Waals surface area contributed by atoms with Gasteiger partial charge in [-0.3, -0.25) is 0 Å². The van der Waals surface area contributed by atoms with Crippen molar-refractivity contribution in [1.82, 2.24) is 0 Å². The molecule has 0 bridgehead atoms. The molecule has 0 spiro atoms. The zero-order valence-corrected chi connectivity index (χ0v) is 19.2. The molecule has 0 unspecified atom stereocenters. The van der Waals surface area contributed by atoms with Crippen molar-refractivity contribution in [3.63, 3.8) is 0 Å². The van der Waals surface area contributed by atoms with Crippen LogP contribution in [0.25, 0.3) is 33.4 Å². The van der Waals surface area contributed by atoms with E-state index in [4.69, 9.17) is 0 Å². The van der Waals surface area contributed by atoms with Gasteiger partial charge in [0, 0.05) is 16.7 Å². The maximum atomic E-state index is 3.12. The second kappa shape index (κ2) is 10.2. The monoisotopic (exact) mass is 420 g/mol. The van der Waals surface area contributed by atoms with Crippen LogP contribution in [-0.4, -0.2) is 0 Å². The predicted octanol–water partition coefficient (Wildman–Crippen LogP) is 7.80. The molecule has 0 amide bonds. The average molecular weight is 421 g/mol. The van der Waals surface area contributed by atoms with Crippen LogP contribution in [0.5, 0.6) is 0 Å². The van der Waals surface area contributed by atoms with E-state index in [-0.39, 0.29) is 0 Å². The highest BCUT2D eigenvalue weighted by molar-refractivity contribution is 5.81. The molecule has 0 radical (unpaired) electrons. The van der Waals surface area contributed by atoms with Gasteiger partial charge in [0.2, 0.25) is 0 Å². The minimum Gasteiger partial charge on any atom is -0.101 e. The highest BCUT2D eigenvalue weighted by Gasteiger charge is 2.08. The fourth-order valence-corrected chi connectivity index (χ4v) is 3.80. The first kappa shape index (κ1) is 21.8. The lowest BCUT2D eigenvalue weighted by Crippen LogP contribution is -1.87. The fraction of sp³-hybridized carbons (Fsp3) is 0.0909. The molecule has 4 aromatic carbocycles. The van der Waals surface area contributed by atoms with Crippen LogP contribution >= 0.6 is 0 Å². The Morgan fingerprint density at radius 3 is 0.788 bits per heavy atom. The molecule has 0 fully saturated rings. The molecule has 0 aromatic heterocycles. The molecule has 0 atom stereocenters. The molecule has 0 aliphatic heterocycles. The van der Waals surface area contributed by atoms with Crippen LogP contribution in [0.1, 0.15) is 37.5 Å². The molecule has 0 aliphatic carbocycles. The average Bonchev–Trinajstić information content (AvgIpc) is 2.86. The van der Waals surface area contributed by atoms with E-state index in [1.807, 2.05) is 20.8 Å². The van der Waals surface area contributed by atoms with E-state index >= 15 is 0 Å². The second-order valence-corrected chi connectivity index (χ2v) is 7.66. The minimum atomic E-state index is 1.03. The van der Waals surface area contributed by atoms with Crippen molar-refractivity contribution < 1.29 is 0 Å². The summed E-state index contributed by atoms with van der Waals surface area (Å²) in [6.45, 7) is 5.58. The minimum absolute atomic E-state index is 1.03. The van der Waals surface area contributed by atoms with Gasteiger partial charge in [0.05, 0.1) is 0 Å². The topological polar surface area (TPSA) is 0 Å². The molecule has 0 N–H and O–H groups in total. The molecule has 4 aromatic rings. The Balaban J connectivity index is 1.83. The van der Waals surface area contributed by atoms with Crippen molar-refractivity contribution in [2.45, 2.75) is 20.8 Å². The Morgan fingerprint density at radius 2 is 0.576 bits per heavy atom. The standard InChI is InChI=1S/C33H24/c1-4-7-25-10-16-28(17-11-25)31-22-32(29-18-12-26(8-5-2)13-19-29)24-33(23-31)30-20-14-27(9-6-3)15-21-30/h10-24H,1-3H3. The number of rotatable bonds is 3. The maximum absolute atomic E-state index is 3.12. The molecule has 0 heteroatoms. The summed E-state index contributed by atoms with van der Waals surface area (Å²) in [5.74, 6) is 18.2. The van der Waals surface area contributed by atoms with Crippen LogP contribution in [0.4, 0.5) is 0 Å². The van der Waals surface area contributed by atoms with E-state index in [9.17, 15) is 0 Å². The predicted molar refractivity (Wildman–Crippen MR) is 140 cm³/mol. The summed E-state index contributed by atoms with van der Waals surface area (Å²) >= 11 is 0. The Kier molecular flexibility index (Phi) is 6.76. The quantitative estimate of drug-likeness (QED) is 0.297. The number of hydrogen-bond acceptors (Lipinski definition) is 0. The highest BCUT2D eigenvalue weighted by Crippen LogP contribution is 2.33. The Morgan fingerprint density at radius 1 is 0.333 bits per heavy atom. The van der Waals surface area contributed by atoms with Gasteiger partial charge >= 0.3 is 0 Å². The third kappa shape index (κ3) is 5.25. The largest absolute Gasteiger partial charge is 0.101 e. The Bertz CT molecular complexity index is 1250. The molecule has 0 aliphatic rings. The fourth-order valence-electron chi connectivity index (χ4n) is 3.80. The van der Waals surface area contributed by atoms with Gasteiger partial charge in [0.1, 0.15) is 0 Å². The third-order valence-corrected chi connectivity index (χ3v) is 5.40. The zero-order chi connectivity index (χ0) is 23.0. The van der Waals surface area contributed by atoms with Gasteiger partial charge in [-0.05, 0) is 109 Å². The molecule has 4 rings (SSSR count). The molecule has 0 saturated carbocycles. The lowest BCUT2D eigenvalue weighted by atomic mass is 9.92. The van der Waals surface area contributed by atoms with Crippen LogP contribution in [0, 0.1) is 35.5 Å². The van der Waals surface area contributed by atoms with E-state index in [0.717, 1.165) is 16.7 Å². The van der Waals surface area contributed by atoms with Crippen LogP contribution in [0.2, 0.25) is 0 Å². The molecule has 0 heterocycles. The van der Waals surface area contributed by atoms with E-state index in [1.165, 1.54) is 33.4 Å². The summed E-state index contributed by atoms with van der Waals surface area (Å²) in [6.07, 6.45) is 0. The lowest BCUT2D eigenvalue weighted by Gasteiger charge is -2.12. The Labute approximate surface area is 197 Å². The molecule has 0 saturated heterocycles. The van der Waals surface area contributed by atoms with E-state index in [1.54, 1.807) is 0 Å². The van der Waals surface area contributed by atoms with Gasteiger partial charge < -0.3 is 0 Å². The molecule has 0 nitrogen and oxygen atoms in total. The molecule has 156 valence electrons. The van der Waals surface area contributed by atoms with Crippen molar-refractivity contribution in [2.75, 3.05) is 0 Å². The van der Waals surface area contributed by atoms with Crippen molar-refractivity contribution in [3.8, 4) is 68.9 Å². The van der Waals surface area contributed by atoms with Crippen molar-refractivity contribution in [2.24, 2.45) is 0 Å². The van der Waals surface area contributed by atoms with Crippen LogP contribution < -0.4 is 0 Å². The SMILES string of the molecule is CC#Cc1ccc(-c2cc(-c3ccc(C#CC)cc3)cc(-c3ccc(C#CC)cc3)c2)cc1. The van der Waals surface area contributed by atoms with Gasteiger partial charge in [0.15, 0.2) is 0 Å². The van der Waals surface area contributed by atoms with Crippen molar-refractivity contribution in [3.05, 3.63) is 108 Å². The van der Waals surface area contributed by atoms with Gasteiger partial charge in [-0.25, -0.2) is 0 Å². The van der Waals surface area contributed by atoms with E-state index in [2.05, 4.69) is 127 Å². The summed E-state index contributed by atoms with van der Waals surface area (Å²) in [5, 5.41) is 0. The van der Waals surface area contributed by atoms with Gasteiger partial charge in [-0.1, -0.05) is 54.2 Å². The first-order chi connectivity index (χ1) is 16.2. The van der Waals surface area contributed by atoms with Crippen LogP contribution in [0.15, 0.2) is 91.0 Å². The first-order valence-electron chi connectivity index (χ1n) is 10.9. The first-order valence-corrected chi connectivity index (χ1v) is 10.9. The normalized spacial score (nSPS) is 9.55. The smallest absolute Gasteiger partial charge is 0.0245 e. The van der Waals surface area contributed by atoms with E-state index < -0.39 is 0 Å².